The maximum atomic E-state index is 5.88. The molecule has 1 heterocycles. The molecule has 0 aliphatic heterocycles. The average molecular weight is 248 g/mol. The molecule has 0 amide bonds. The minimum atomic E-state index is 0.256. The number of ether oxygens (including phenoxy) is 1. The molecule has 1 aromatic rings. The van der Waals surface area contributed by atoms with Crippen molar-refractivity contribution in [2.75, 3.05) is 13.2 Å². The smallest absolute Gasteiger partial charge is 0.0931 e. The fourth-order valence-electron chi connectivity index (χ4n) is 1.35. The Morgan fingerprint density at radius 3 is 2.80 bits per heavy atom. The Bertz CT molecular complexity index is 290. The molecule has 2 atom stereocenters. The lowest BCUT2D eigenvalue weighted by atomic mass is 10.2. The van der Waals surface area contributed by atoms with E-state index < -0.39 is 0 Å². The van der Waals surface area contributed by atoms with E-state index in [1.165, 1.54) is 5.56 Å². The van der Waals surface area contributed by atoms with Gasteiger partial charge in [0, 0.05) is 19.2 Å². The quantitative estimate of drug-likeness (QED) is 0.831. The summed E-state index contributed by atoms with van der Waals surface area (Å²) in [4.78, 5) is 0. The Hall–Kier alpha value is -0.0900. The molecular weight excluding hydrogens is 230 g/mol. The van der Waals surface area contributed by atoms with Gasteiger partial charge in [-0.05, 0) is 37.8 Å². The van der Waals surface area contributed by atoms with Gasteiger partial charge in [-0.25, -0.2) is 0 Å². The lowest BCUT2D eigenvalue weighted by Gasteiger charge is -2.16. The van der Waals surface area contributed by atoms with E-state index in [-0.39, 0.29) is 6.10 Å². The summed E-state index contributed by atoms with van der Waals surface area (Å²) in [6.07, 6.45) is 0.256. The largest absolute Gasteiger partial charge is 0.377 e. The highest BCUT2D eigenvalue weighted by Gasteiger charge is 2.08. The van der Waals surface area contributed by atoms with Crippen LogP contribution >= 0.6 is 22.9 Å². The summed E-state index contributed by atoms with van der Waals surface area (Å²) in [6, 6.07) is 2.34. The monoisotopic (exact) mass is 247 g/mol. The van der Waals surface area contributed by atoms with E-state index in [0.717, 1.165) is 17.5 Å². The van der Waals surface area contributed by atoms with Crippen molar-refractivity contribution in [3.63, 3.8) is 0 Å². The standard InChI is InChI=1S/C11H18ClNOS/c1-4-14-8(2)6-13-9(3)10-5-11(12)15-7-10/h5,7-9,13H,4,6H2,1-3H3. The Morgan fingerprint density at radius 2 is 2.27 bits per heavy atom. The molecule has 1 aromatic heterocycles. The fourth-order valence-corrected chi connectivity index (χ4v) is 2.34. The highest BCUT2D eigenvalue weighted by molar-refractivity contribution is 7.14. The third kappa shape index (κ3) is 4.51. The van der Waals surface area contributed by atoms with Crippen LogP contribution < -0.4 is 5.32 Å². The van der Waals surface area contributed by atoms with E-state index in [1.807, 2.05) is 13.0 Å². The van der Waals surface area contributed by atoms with Gasteiger partial charge in [-0.2, -0.15) is 0 Å². The number of hydrogen-bond donors (Lipinski definition) is 1. The first kappa shape index (κ1) is 13.0. The van der Waals surface area contributed by atoms with Crippen LogP contribution in [0.4, 0.5) is 0 Å². The minimum Gasteiger partial charge on any atom is -0.377 e. The molecule has 1 rings (SSSR count). The molecule has 0 radical (unpaired) electrons. The highest BCUT2D eigenvalue weighted by Crippen LogP contribution is 2.24. The number of halogens is 1. The topological polar surface area (TPSA) is 21.3 Å². The minimum absolute atomic E-state index is 0.256. The van der Waals surface area contributed by atoms with Crippen molar-refractivity contribution in [3.8, 4) is 0 Å². The maximum absolute atomic E-state index is 5.88. The van der Waals surface area contributed by atoms with E-state index in [9.17, 15) is 0 Å². The predicted octanol–water partition coefficient (Wildman–Crippen LogP) is 3.48. The molecule has 0 fully saturated rings. The summed E-state index contributed by atoms with van der Waals surface area (Å²) in [7, 11) is 0. The molecule has 0 saturated carbocycles. The van der Waals surface area contributed by atoms with E-state index in [0.29, 0.717) is 6.04 Å². The molecule has 0 aliphatic rings. The van der Waals surface area contributed by atoms with Crippen LogP contribution in [0, 0.1) is 0 Å². The van der Waals surface area contributed by atoms with Crippen LogP contribution in [0.2, 0.25) is 4.34 Å². The molecule has 1 N–H and O–H groups in total. The van der Waals surface area contributed by atoms with E-state index in [2.05, 4.69) is 24.5 Å². The van der Waals surface area contributed by atoms with E-state index in [1.54, 1.807) is 11.3 Å². The Labute approximate surface area is 101 Å². The second-order valence-corrected chi connectivity index (χ2v) is 5.12. The van der Waals surface area contributed by atoms with Crippen LogP contribution in [0.15, 0.2) is 11.4 Å². The molecule has 86 valence electrons. The summed E-state index contributed by atoms with van der Waals surface area (Å²) in [5, 5.41) is 5.51. The SMILES string of the molecule is CCOC(C)CNC(C)c1csc(Cl)c1. The summed E-state index contributed by atoms with van der Waals surface area (Å²) >= 11 is 7.45. The molecular formula is C11H18ClNOS. The lowest BCUT2D eigenvalue weighted by Crippen LogP contribution is -2.28. The van der Waals surface area contributed by atoms with Crippen LogP contribution in [-0.2, 0) is 4.74 Å². The van der Waals surface area contributed by atoms with Crippen molar-refractivity contribution in [1.82, 2.24) is 5.32 Å². The van der Waals surface area contributed by atoms with Gasteiger partial charge >= 0.3 is 0 Å². The molecule has 0 aliphatic carbocycles. The van der Waals surface area contributed by atoms with Crippen molar-refractivity contribution >= 4 is 22.9 Å². The van der Waals surface area contributed by atoms with Gasteiger partial charge in [0.15, 0.2) is 0 Å². The molecule has 4 heteroatoms. The average Bonchev–Trinajstić information content (AvgIpc) is 2.62. The van der Waals surface area contributed by atoms with Gasteiger partial charge in [0.05, 0.1) is 10.4 Å². The fraction of sp³-hybridized carbons (Fsp3) is 0.636. The van der Waals surface area contributed by atoms with Gasteiger partial charge in [0.25, 0.3) is 0 Å². The zero-order chi connectivity index (χ0) is 11.3. The van der Waals surface area contributed by atoms with Crippen molar-refractivity contribution in [1.29, 1.82) is 0 Å². The summed E-state index contributed by atoms with van der Waals surface area (Å²) in [5.74, 6) is 0. The molecule has 15 heavy (non-hydrogen) atoms. The van der Waals surface area contributed by atoms with Crippen molar-refractivity contribution in [2.24, 2.45) is 0 Å². The van der Waals surface area contributed by atoms with Crippen LogP contribution in [0.5, 0.6) is 0 Å². The zero-order valence-electron chi connectivity index (χ0n) is 9.42. The number of nitrogens with one attached hydrogen (secondary N) is 1. The Kier molecular flexibility index (Phi) is 5.61. The summed E-state index contributed by atoms with van der Waals surface area (Å²) in [5.41, 5.74) is 1.24. The summed E-state index contributed by atoms with van der Waals surface area (Å²) < 4.78 is 6.29. The van der Waals surface area contributed by atoms with Gasteiger partial charge < -0.3 is 10.1 Å². The Balaban J connectivity index is 2.33. The normalized spacial score (nSPS) is 15.2. The number of thiophene rings is 1. The van der Waals surface area contributed by atoms with Crippen LogP contribution in [0.25, 0.3) is 0 Å². The van der Waals surface area contributed by atoms with Crippen molar-refractivity contribution in [3.05, 3.63) is 21.3 Å². The van der Waals surface area contributed by atoms with E-state index >= 15 is 0 Å². The first-order chi connectivity index (χ1) is 7.13. The van der Waals surface area contributed by atoms with Gasteiger partial charge in [-0.3, -0.25) is 0 Å². The van der Waals surface area contributed by atoms with Gasteiger partial charge in [0.2, 0.25) is 0 Å². The maximum Gasteiger partial charge on any atom is 0.0931 e. The lowest BCUT2D eigenvalue weighted by molar-refractivity contribution is 0.0743. The van der Waals surface area contributed by atoms with Crippen LogP contribution in [0.3, 0.4) is 0 Å². The second-order valence-electron chi connectivity index (χ2n) is 3.58. The Morgan fingerprint density at radius 1 is 1.53 bits per heavy atom. The predicted molar refractivity (Wildman–Crippen MR) is 66.8 cm³/mol. The van der Waals surface area contributed by atoms with Crippen molar-refractivity contribution < 1.29 is 4.74 Å². The molecule has 0 bridgehead atoms. The molecule has 0 spiro atoms. The second kappa shape index (κ2) is 6.48. The van der Waals surface area contributed by atoms with Crippen LogP contribution in [0.1, 0.15) is 32.4 Å². The van der Waals surface area contributed by atoms with Crippen molar-refractivity contribution in [2.45, 2.75) is 32.9 Å². The zero-order valence-corrected chi connectivity index (χ0v) is 11.0. The van der Waals surface area contributed by atoms with E-state index in [4.69, 9.17) is 16.3 Å². The van der Waals surface area contributed by atoms with Gasteiger partial charge in [-0.15, -0.1) is 11.3 Å². The number of hydrogen-bond acceptors (Lipinski definition) is 3. The van der Waals surface area contributed by atoms with Gasteiger partial charge in [-0.1, -0.05) is 11.6 Å². The molecule has 0 aromatic carbocycles. The first-order valence-corrected chi connectivity index (χ1v) is 6.48. The number of rotatable bonds is 6. The van der Waals surface area contributed by atoms with Gasteiger partial charge in [0.1, 0.15) is 0 Å². The molecule has 2 nitrogen and oxygen atoms in total. The third-order valence-corrected chi connectivity index (χ3v) is 3.36. The molecule has 0 saturated heterocycles. The molecule has 2 unspecified atom stereocenters. The third-order valence-electron chi connectivity index (χ3n) is 2.25. The highest BCUT2D eigenvalue weighted by atomic mass is 35.5. The van der Waals surface area contributed by atoms with Crippen LogP contribution in [-0.4, -0.2) is 19.3 Å². The first-order valence-electron chi connectivity index (χ1n) is 5.22. The summed E-state index contributed by atoms with van der Waals surface area (Å²) in [6.45, 7) is 7.85.